The Balaban J connectivity index is 1.73. The quantitative estimate of drug-likeness (QED) is 0.634. The Morgan fingerprint density at radius 2 is 2.27 bits per heavy atom. The molecule has 0 aromatic heterocycles. The molecular formula is C9H17NO. The molecule has 11 heavy (non-hydrogen) atoms. The molecule has 0 bridgehead atoms. The zero-order chi connectivity index (χ0) is 7.73. The summed E-state index contributed by atoms with van der Waals surface area (Å²) in [6, 6.07) is 0. The summed E-state index contributed by atoms with van der Waals surface area (Å²) >= 11 is 0. The van der Waals surface area contributed by atoms with E-state index < -0.39 is 0 Å². The first-order valence-electron chi connectivity index (χ1n) is 4.72. The second-order valence-corrected chi connectivity index (χ2v) is 4.13. The molecule has 1 saturated carbocycles. The highest BCUT2D eigenvalue weighted by Gasteiger charge is 2.33. The van der Waals surface area contributed by atoms with Crippen molar-refractivity contribution in [1.29, 1.82) is 0 Å². The maximum atomic E-state index is 9.91. The SMILES string of the molecule is O[C@@]1(CCC2CC2)CCNC1. The van der Waals surface area contributed by atoms with Crippen molar-refractivity contribution >= 4 is 0 Å². The van der Waals surface area contributed by atoms with E-state index in [2.05, 4.69) is 5.32 Å². The van der Waals surface area contributed by atoms with Crippen molar-refractivity contribution in [3.63, 3.8) is 0 Å². The summed E-state index contributed by atoms with van der Waals surface area (Å²) in [6.45, 7) is 1.82. The molecule has 0 aromatic carbocycles. The fourth-order valence-corrected chi connectivity index (χ4v) is 1.82. The van der Waals surface area contributed by atoms with E-state index in [1.807, 2.05) is 0 Å². The van der Waals surface area contributed by atoms with Gasteiger partial charge in [0.25, 0.3) is 0 Å². The minimum Gasteiger partial charge on any atom is -0.389 e. The zero-order valence-electron chi connectivity index (χ0n) is 6.97. The van der Waals surface area contributed by atoms with Crippen molar-refractivity contribution in [2.75, 3.05) is 13.1 Å². The minimum atomic E-state index is -0.345. The molecule has 2 aliphatic rings. The Labute approximate surface area is 68.0 Å². The van der Waals surface area contributed by atoms with Gasteiger partial charge in [0.05, 0.1) is 5.60 Å². The lowest BCUT2D eigenvalue weighted by molar-refractivity contribution is 0.0487. The van der Waals surface area contributed by atoms with Crippen LogP contribution in [0.2, 0.25) is 0 Å². The van der Waals surface area contributed by atoms with Crippen LogP contribution in [-0.2, 0) is 0 Å². The highest BCUT2D eigenvalue weighted by atomic mass is 16.3. The molecule has 0 aromatic rings. The first-order chi connectivity index (χ1) is 5.29. The first-order valence-corrected chi connectivity index (χ1v) is 4.72. The third-order valence-corrected chi connectivity index (χ3v) is 2.94. The molecule has 2 N–H and O–H groups in total. The Bertz CT molecular complexity index is 136. The number of hydrogen-bond acceptors (Lipinski definition) is 2. The van der Waals surface area contributed by atoms with Crippen molar-refractivity contribution in [3.8, 4) is 0 Å². The molecule has 0 unspecified atom stereocenters. The number of hydrogen-bond donors (Lipinski definition) is 2. The van der Waals surface area contributed by atoms with Crippen LogP contribution in [0.15, 0.2) is 0 Å². The van der Waals surface area contributed by atoms with Crippen LogP contribution in [0, 0.1) is 5.92 Å². The Hall–Kier alpha value is -0.0800. The summed E-state index contributed by atoms with van der Waals surface area (Å²) in [4.78, 5) is 0. The van der Waals surface area contributed by atoms with Gasteiger partial charge in [-0.25, -0.2) is 0 Å². The predicted molar refractivity (Wildman–Crippen MR) is 44.4 cm³/mol. The van der Waals surface area contributed by atoms with Gasteiger partial charge in [-0.3, -0.25) is 0 Å². The fourth-order valence-electron chi connectivity index (χ4n) is 1.82. The molecule has 2 heteroatoms. The standard InChI is InChI=1S/C9H17NO/c11-9(5-6-10-7-9)4-3-8-1-2-8/h8,10-11H,1-7H2/t9-/m0/s1. The van der Waals surface area contributed by atoms with Crippen LogP contribution < -0.4 is 5.32 Å². The molecule has 1 saturated heterocycles. The van der Waals surface area contributed by atoms with Gasteiger partial charge in [0, 0.05) is 6.54 Å². The van der Waals surface area contributed by atoms with Crippen LogP contribution in [0.5, 0.6) is 0 Å². The van der Waals surface area contributed by atoms with Crippen LogP contribution in [0.3, 0.4) is 0 Å². The van der Waals surface area contributed by atoms with E-state index in [1.165, 1.54) is 19.3 Å². The van der Waals surface area contributed by atoms with Gasteiger partial charge in [0.15, 0.2) is 0 Å². The third kappa shape index (κ3) is 1.94. The molecule has 1 aliphatic carbocycles. The van der Waals surface area contributed by atoms with E-state index in [0.29, 0.717) is 0 Å². The van der Waals surface area contributed by atoms with Crippen LogP contribution in [0.4, 0.5) is 0 Å². The highest BCUT2D eigenvalue weighted by Crippen LogP contribution is 2.36. The monoisotopic (exact) mass is 155 g/mol. The minimum absolute atomic E-state index is 0.345. The normalized spacial score (nSPS) is 37.9. The molecule has 2 rings (SSSR count). The van der Waals surface area contributed by atoms with E-state index in [0.717, 1.165) is 31.8 Å². The summed E-state index contributed by atoms with van der Waals surface area (Å²) < 4.78 is 0. The van der Waals surface area contributed by atoms with Crippen molar-refractivity contribution in [3.05, 3.63) is 0 Å². The second kappa shape index (κ2) is 2.76. The van der Waals surface area contributed by atoms with E-state index in [9.17, 15) is 5.11 Å². The lowest BCUT2D eigenvalue weighted by atomic mass is 9.95. The number of β-amino-alcohol motifs (C(OH)–C–C–N with tert-alkyl or cyclic N) is 1. The molecule has 0 radical (unpaired) electrons. The fraction of sp³-hybridized carbons (Fsp3) is 1.00. The topological polar surface area (TPSA) is 32.3 Å². The average molecular weight is 155 g/mol. The van der Waals surface area contributed by atoms with Crippen LogP contribution in [-0.4, -0.2) is 23.8 Å². The summed E-state index contributed by atoms with van der Waals surface area (Å²) in [5, 5.41) is 13.1. The smallest absolute Gasteiger partial charge is 0.0783 e. The van der Waals surface area contributed by atoms with Gasteiger partial charge in [-0.15, -0.1) is 0 Å². The van der Waals surface area contributed by atoms with Crippen LogP contribution >= 0.6 is 0 Å². The average Bonchev–Trinajstić information content (AvgIpc) is 2.73. The first kappa shape index (κ1) is 7.56. The summed E-state index contributed by atoms with van der Waals surface area (Å²) in [5.41, 5.74) is -0.345. The van der Waals surface area contributed by atoms with E-state index in [4.69, 9.17) is 0 Å². The Morgan fingerprint density at radius 1 is 1.45 bits per heavy atom. The zero-order valence-corrected chi connectivity index (χ0v) is 6.97. The van der Waals surface area contributed by atoms with Gasteiger partial charge in [-0.2, -0.15) is 0 Å². The van der Waals surface area contributed by atoms with E-state index in [1.54, 1.807) is 0 Å². The van der Waals surface area contributed by atoms with Crippen LogP contribution in [0.1, 0.15) is 32.1 Å². The van der Waals surface area contributed by atoms with Crippen molar-refractivity contribution < 1.29 is 5.11 Å². The molecule has 0 spiro atoms. The van der Waals surface area contributed by atoms with Crippen LogP contribution in [0.25, 0.3) is 0 Å². The maximum absolute atomic E-state index is 9.91. The molecular weight excluding hydrogens is 138 g/mol. The lowest BCUT2D eigenvalue weighted by Gasteiger charge is -2.20. The third-order valence-electron chi connectivity index (χ3n) is 2.94. The van der Waals surface area contributed by atoms with Gasteiger partial charge in [-0.05, 0) is 31.7 Å². The van der Waals surface area contributed by atoms with Gasteiger partial charge >= 0.3 is 0 Å². The molecule has 2 nitrogen and oxygen atoms in total. The summed E-state index contributed by atoms with van der Waals surface area (Å²) in [5.74, 6) is 0.958. The van der Waals surface area contributed by atoms with Crippen molar-refractivity contribution in [2.24, 2.45) is 5.92 Å². The van der Waals surface area contributed by atoms with Crippen molar-refractivity contribution in [2.45, 2.75) is 37.7 Å². The Kier molecular flexibility index (Phi) is 1.90. The molecule has 1 heterocycles. The van der Waals surface area contributed by atoms with Gasteiger partial charge in [0.1, 0.15) is 0 Å². The van der Waals surface area contributed by atoms with Gasteiger partial charge in [-0.1, -0.05) is 12.8 Å². The lowest BCUT2D eigenvalue weighted by Crippen LogP contribution is -2.31. The molecule has 0 amide bonds. The second-order valence-electron chi connectivity index (χ2n) is 4.13. The predicted octanol–water partition coefficient (Wildman–Crippen LogP) is 0.901. The largest absolute Gasteiger partial charge is 0.389 e. The Morgan fingerprint density at radius 3 is 2.82 bits per heavy atom. The van der Waals surface area contributed by atoms with Gasteiger partial charge < -0.3 is 10.4 Å². The summed E-state index contributed by atoms with van der Waals surface area (Å²) in [6.07, 6.45) is 6.04. The molecule has 2 fully saturated rings. The van der Waals surface area contributed by atoms with E-state index in [-0.39, 0.29) is 5.60 Å². The highest BCUT2D eigenvalue weighted by molar-refractivity contribution is 4.89. The molecule has 1 aliphatic heterocycles. The van der Waals surface area contributed by atoms with Gasteiger partial charge in [0.2, 0.25) is 0 Å². The van der Waals surface area contributed by atoms with E-state index >= 15 is 0 Å². The van der Waals surface area contributed by atoms with Crippen molar-refractivity contribution in [1.82, 2.24) is 5.32 Å². The number of nitrogens with one attached hydrogen (secondary N) is 1. The summed E-state index contributed by atoms with van der Waals surface area (Å²) in [7, 11) is 0. The number of aliphatic hydroxyl groups is 1. The maximum Gasteiger partial charge on any atom is 0.0783 e. The molecule has 64 valence electrons. The molecule has 1 atom stereocenters. The number of rotatable bonds is 3.